The molecule has 4 nitrogen and oxygen atoms in total. The molecule has 1 aromatic carbocycles. The van der Waals surface area contributed by atoms with Crippen LogP contribution >= 0.6 is 0 Å². The van der Waals surface area contributed by atoms with Gasteiger partial charge < -0.3 is 5.43 Å². The lowest BCUT2D eigenvalue weighted by Crippen LogP contribution is -2.14. The Balaban J connectivity index is 2.32. The van der Waals surface area contributed by atoms with Gasteiger partial charge in [0.05, 0.1) is 5.69 Å². The molecule has 1 heterocycles. The Morgan fingerprint density at radius 3 is 2.72 bits per heavy atom. The minimum Gasteiger partial charge on any atom is -0.306 e. The summed E-state index contributed by atoms with van der Waals surface area (Å²) in [5.74, 6) is 5.30. The topological polar surface area (TPSA) is 63.8 Å². The Labute approximate surface area is 105 Å². The summed E-state index contributed by atoms with van der Waals surface area (Å²) in [6.07, 6.45) is 0.553. The number of nitrogens with one attached hydrogen (secondary N) is 1. The van der Waals surface area contributed by atoms with E-state index in [1.165, 1.54) is 5.56 Å². The molecule has 18 heavy (non-hydrogen) atoms. The highest BCUT2D eigenvalue weighted by Gasteiger charge is 2.10. The number of aromatic nitrogens is 2. The number of halogens is 1. The number of aryl methyl sites for hydroxylation is 2. The lowest BCUT2D eigenvalue weighted by molar-refractivity contribution is 0.601. The first-order valence-electron chi connectivity index (χ1n) is 5.65. The Hall–Kier alpha value is -2.01. The van der Waals surface area contributed by atoms with E-state index < -0.39 is 5.82 Å². The smallest absolute Gasteiger partial charge is 0.187 e. The van der Waals surface area contributed by atoms with Crippen LogP contribution in [0, 0.1) is 19.7 Å². The molecule has 0 amide bonds. The van der Waals surface area contributed by atoms with Gasteiger partial charge in [0.25, 0.3) is 0 Å². The summed E-state index contributed by atoms with van der Waals surface area (Å²) in [4.78, 5) is 8.18. The molecule has 5 heteroatoms. The van der Waals surface area contributed by atoms with E-state index in [4.69, 9.17) is 5.84 Å². The summed E-state index contributed by atoms with van der Waals surface area (Å²) in [7, 11) is 0. The van der Waals surface area contributed by atoms with Gasteiger partial charge in [0.15, 0.2) is 11.6 Å². The third-order valence-corrected chi connectivity index (χ3v) is 2.64. The standard InChI is InChI=1S/C13H15FN4/c1-8-4-3-5-10(6-8)7-11-16-9(2)12(14)13(17-11)18-15/h3-6H,7,15H2,1-2H3,(H,16,17,18). The number of anilines is 1. The summed E-state index contributed by atoms with van der Waals surface area (Å²) in [6, 6.07) is 8.04. The van der Waals surface area contributed by atoms with Crippen molar-refractivity contribution in [1.82, 2.24) is 9.97 Å². The molecule has 0 spiro atoms. The number of nitrogens with two attached hydrogens (primary N) is 1. The van der Waals surface area contributed by atoms with Crippen molar-refractivity contribution in [2.45, 2.75) is 20.3 Å². The van der Waals surface area contributed by atoms with Crippen LogP contribution in [0.3, 0.4) is 0 Å². The second kappa shape index (κ2) is 5.10. The van der Waals surface area contributed by atoms with Gasteiger partial charge in [-0.2, -0.15) is 0 Å². The number of hydrogen-bond acceptors (Lipinski definition) is 4. The molecule has 0 saturated heterocycles. The van der Waals surface area contributed by atoms with Gasteiger partial charge in [-0.15, -0.1) is 0 Å². The van der Waals surface area contributed by atoms with Gasteiger partial charge in [-0.1, -0.05) is 29.8 Å². The van der Waals surface area contributed by atoms with Crippen molar-refractivity contribution in [2.24, 2.45) is 5.84 Å². The predicted octanol–water partition coefficient (Wildman–Crippen LogP) is 2.11. The van der Waals surface area contributed by atoms with Gasteiger partial charge in [0.1, 0.15) is 5.82 Å². The number of nitrogens with zero attached hydrogens (tertiary/aromatic N) is 2. The summed E-state index contributed by atoms with van der Waals surface area (Å²) < 4.78 is 13.5. The fraction of sp³-hybridized carbons (Fsp3) is 0.231. The van der Waals surface area contributed by atoms with E-state index >= 15 is 0 Å². The van der Waals surface area contributed by atoms with E-state index in [1.54, 1.807) is 6.92 Å². The first-order chi connectivity index (χ1) is 8.60. The molecule has 0 bridgehead atoms. The Bertz CT molecular complexity index is 569. The maximum atomic E-state index is 13.5. The summed E-state index contributed by atoms with van der Waals surface area (Å²) in [6.45, 7) is 3.62. The molecule has 0 fully saturated rings. The molecule has 2 aromatic rings. The Kier molecular flexibility index (Phi) is 3.53. The third kappa shape index (κ3) is 2.62. The number of benzene rings is 1. The van der Waals surface area contributed by atoms with E-state index in [-0.39, 0.29) is 5.82 Å². The van der Waals surface area contributed by atoms with E-state index in [0.29, 0.717) is 17.9 Å². The summed E-state index contributed by atoms with van der Waals surface area (Å²) >= 11 is 0. The highest BCUT2D eigenvalue weighted by Crippen LogP contribution is 2.15. The maximum Gasteiger partial charge on any atom is 0.187 e. The van der Waals surface area contributed by atoms with Crippen LogP contribution in [-0.4, -0.2) is 9.97 Å². The molecule has 0 aliphatic heterocycles. The van der Waals surface area contributed by atoms with E-state index in [0.717, 1.165) is 5.56 Å². The number of hydrogen-bond donors (Lipinski definition) is 2. The molecule has 1 aromatic heterocycles. The molecule has 0 aliphatic carbocycles. The van der Waals surface area contributed by atoms with Crippen molar-refractivity contribution in [3.05, 3.63) is 52.7 Å². The Morgan fingerprint density at radius 1 is 1.28 bits per heavy atom. The van der Waals surface area contributed by atoms with Gasteiger partial charge in [0, 0.05) is 6.42 Å². The average Bonchev–Trinajstić information content (AvgIpc) is 2.33. The highest BCUT2D eigenvalue weighted by molar-refractivity contribution is 5.37. The van der Waals surface area contributed by atoms with Crippen molar-refractivity contribution in [2.75, 3.05) is 5.43 Å². The van der Waals surface area contributed by atoms with E-state index in [1.807, 2.05) is 25.1 Å². The maximum absolute atomic E-state index is 13.5. The second-order valence-electron chi connectivity index (χ2n) is 4.20. The van der Waals surface area contributed by atoms with Gasteiger partial charge in [0.2, 0.25) is 0 Å². The zero-order chi connectivity index (χ0) is 13.1. The lowest BCUT2D eigenvalue weighted by Gasteiger charge is -2.07. The average molecular weight is 246 g/mol. The number of rotatable bonds is 3. The van der Waals surface area contributed by atoms with Gasteiger partial charge in [-0.05, 0) is 19.4 Å². The fourth-order valence-corrected chi connectivity index (χ4v) is 1.80. The van der Waals surface area contributed by atoms with Crippen LogP contribution in [-0.2, 0) is 6.42 Å². The van der Waals surface area contributed by atoms with Crippen LogP contribution in [0.25, 0.3) is 0 Å². The van der Waals surface area contributed by atoms with E-state index in [2.05, 4.69) is 21.5 Å². The van der Waals surface area contributed by atoms with Gasteiger partial charge in [-0.3, -0.25) is 0 Å². The van der Waals surface area contributed by atoms with Crippen LogP contribution in [0.5, 0.6) is 0 Å². The first kappa shape index (κ1) is 12.4. The lowest BCUT2D eigenvalue weighted by atomic mass is 10.1. The molecule has 94 valence electrons. The minimum absolute atomic E-state index is 0.0325. The van der Waals surface area contributed by atoms with Crippen LogP contribution in [0.4, 0.5) is 10.2 Å². The molecule has 3 N–H and O–H groups in total. The fourth-order valence-electron chi connectivity index (χ4n) is 1.80. The molecular formula is C13H15FN4. The molecule has 0 unspecified atom stereocenters. The second-order valence-corrected chi connectivity index (χ2v) is 4.20. The summed E-state index contributed by atoms with van der Waals surface area (Å²) in [5.41, 5.74) is 4.80. The van der Waals surface area contributed by atoms with Crippen LogP contribution in [0.15, 0.2) is 24.3 Å². The predicted molar refractivity (Wildman–Crippen MR) is 68.5 cm³/mol. The largest absolute Gasteiger partial charge is 0.306 e. The quantitative estimate of drug-likeness (QED) is 0.643. The van der Waals surface area contributed by atoms with Crippen molar-refractivity contribution in [3.8, 4) is 0 Å². The normalized spacial score (nSPS) is 10.4. The van der Waals surface area contributed by atoms with Crippen molar-refractivity contribution in [1.29, 1.82) is 0 Å². The molecule has 0 aliphatic rings. The number of hydrazine groups is 1. The monoisotopic (exact) mass is 246 g/mol. The van der Waals surface area contributed by atoms with Gasteiger partial charge in [-0.25, -0.2) is 20.2 Å². The van der Waals surface area contributed by atoms with Gasteiger partial charge >= 0.3 is 0 Å². The highest BCUT2D eigenvalue weighted by atomic mass is 19.1. The molecule has 2 rings (SSSR count). The molecule has 0 saturated carbocycles. The van der Waals surface area contributed by atoms with Crippen molar-refractivity contribution in [3.63, 3.8) is 0 Å². The SMILES string of the molecule is Cc1cccc(Cc2nc(C)c(F)c(NN)n2)c1. The van der Waals surface area contributed by atoms with Crippen molar-refractivity contribution >= 4 is 5.82 Å². The van der Waals surface area contributed by atoms with Crippen LogP contribution in [0.1, 0.15) is 22.6 Å². The van der Waals surface area contributed by atoms with Crippen molar-refractivity contribution < 1.29 is 4.39 Å². The zero-order valence-corrected chi connectivity index (χ0v) is 10.4. The zero-order valence-electron chi connectivity index (χ0n) is 10.4. The van der Waals surface area contributed by atoms with E-state index in [9.17, 15) is 4.39 Å². The molecular weight excluding hydrogens is 231 g/mol. The third-order valence-electron chi connectivity index (χ3n) is 2.64. The molecule has 0 radical (unpaired) electrons. The number of nitrogen functional groups attached to an aromatic ring is 1. The van der Waals surface area contributed by atoms with Crippen LogP contribution in [0.2, 0.25) is 0 Å². The Morgan fingerprint density at radius 2 is 2.06 bits per heavy atom. The first-order valence-corrected chi connectivity index (χ1v) is 5.65. The minimum atomic E-state index is -0.509. The summed E-state index contributed by atoms with van der Waals surface area (Å²) in [5, 5.41) is 0. The molecule has 0 atom stereocenters. The van der Waals surface area contributed by atoms with Crippen LogP contribution < -0.4 is 11.3 Å².